The molecule has 2 heterocycles. The summed E-state index contributed by atoms with van der Waals surface area (Å²) < 4.78 is 16.5. The van der Waals surface area contributed by atoms with Crippen LogP contribution in [0.25, 0.3) is 0 Å². The normalized spacial score (nSPS) is 16.0. The van der Waals surface area contributed by atoms with Crippen molar-refractivity contribution in [2.75, 3.05) is 6.79 Å². The Bertz CT molecular complexity index is 1450. The van der Waals surface area contributed by atoms with Gasteiger partial charge in [0.1, 0.15) is 6.61 Å². The van der Waals surface area contributed by atoms with Crippen LogP contribution in [0, 0.1) is 11.3 Å². The summed E-state index contributed by atoms with van der Waals surface area (Å²) >= 11 is 6.06. The molecule has 0 bridgehead atoms. The lowest BCUT2D eigenvalue weighted by atomic mass is 9.92. The molecule has 2 amide bonds. The third-order valence-corrected chi connectivity index (χ3v) is 6.32. The Morgan fingerprint density at radius 3 is 2.70 bits per heavy atom. The maximum absolute atomic E-state index is 13.5. The van der Waals surface area contributed by atoms with E-state index in [1.54, 1.807) is 42.5 Å². The van der Waals surface area contributed by atoms with Crippen LogP contribution in [0.2, 0.25) is 5.02 Å². The van der Waals surface area contributed by atoms with E-state index in [0.29, 0.717) is 46.2 Å². The van der Waals surface area contributed by atoms with Crippen molar-refractivity contribution in [3.63, 3.8) is 0 Å². The second-order valence-electron chi connectivity index (χ2n) is 8.55. The van der Waals surface area contributed by atoms with E-state index < -0.39 is 18.0 Å². The number of halogens is 1. The van der Waals surface area contributed by atoms with Gasteiger partial charge < -0.3 is 24.8 Å². The lowest BCUT2D eigenvalue weighted by Crippen LogP contribution is -2.46. The fraction of sp³-hybridized carbons (Fsp3) is 0.179. The molecule has 3 aromatic rings. The molecule has 1 atom stereocenters. The summed E-state index contributed by atoms with van der Waals surface area (Å²) in [4.78, 5) is 26.1. The standard InChI is InChI=1S/C28H22ClN3O5/c29-21-6-2-4-19(12-21)15-35-27(33)25-22(9-7-17-8-10-23-24(13-17)37-16-36-23)31-28(34)32-26(25)20-5-1-3-18(11-20)14-30/h1-6,8,10-13,26H,7,9,15-16H2,(H2,31,32,34). The number of benzene rings is 3. The van der Waals surface area contributed by atoms with Crippen molar-refractivity contribution in [1.29, 1.82) is 5.26 Å². The smallest absolute Gasteiger partial charge is 0.338 e. The maximum atomic E-state index is 13.5. The fourth-order valence-corrected chi connectivity index (χ4v) is 4.53. The van der Waals surface area contributed by atoms with Crippen molar-refractivity contribution in [3.8, 4) is 17.6 Å². The number of hydrogen-bond donors (Lipinski definition) is 2. The van der Waals surface area contributed by atoms with Crippen LogP contribution in [0.3, 0.4) is 0 Å². The van der Waals surface area contributed by atoms with E-state index in [4.69, 9.17) is 25.8 Å². The van der Waals surface area contributed by atoms with Crippen molar-refractivity contribution in [1.82, 2.24) is 10.6 Å². The van der Waals surface area contributed by atoms with Gasteiger partial charge in [-0.1, -0.05) is 41.9 Å². The van der Waals surface area contributed by atoms with E-state index in [1.807, 2.05) is 24.3 Å². The first-order valence-electron chi connectivity index (χ1n) is 11.6. The second kappa shape index (κ2) is 10.6. The first-order valence-corrected chi connectivity index (χ1v) is 12.0. The highest BCUT2D eigenvalue weighted by Gasteiger charge is 2.34. The minimum atomic E-state index is -0.791. The van der Waals surface area contributed by atoms with Crippen LogP contribution in [-0.4, -0.2) is 18.8 Å². The van der Waals surface area contributed by atoms with Gasteiger partial charge in [0.25, 0.3) is 0 Å². The number of rotatable bonds is 7. The zero-order valence-electron chi connectivity index (χ0n) is 19.6. The molecule has 0 fully saturated rings. The number of aryl methyl sites for hydroxylation is 1. The molecule has 8 nitrogen and oxygen atoms in total. The fourth-order valence-electron chi connectivity index (χ4n) is 4.31. The maximum Gasteiger partial charge on any atom is 0.338 e. The minimum absolute atomic E-state index is 0.0111. The highest BCUT2D eigenvalue weighted by atomic mass is 35.5. The van der Waals surface area contributed by atoms with Crippen molar-refractivity contribution in [2.45, 2.75) is 25.5 Å². The molecule has 2 aliphatic heterocycles. The average Bonchev–Trinajstić information content (AvgIpc) is 3.38. The van der Waals surface area contributed by atoms with Crippen LogP contribution >= 0.6 is 11.6 Å². The van der Waals surface area contributed by atoms with E-state index >= 15 is 0 Å². The van der Waals surface area contributed by atoms with Crippen molar-refractivity contribution < 1.29 is 23.8 Å². The van der Waals surface area contributed by atoms with Gasteiger partial charge in [-0.15, -0.1) is 0 Å². The highest BCUT2D eigenvalue weighted by molar-refractivity contribution is 6.30. The summed E-state index contributed by atoms with van der Waals surface area (Å²) in [5.74, 6) is 0.759. The molecule has 186 valence electrons. The van der Waals surface area contributed by atoms with Gasteiger partial charge in [0.15, 0.2) is 11.5 Å². The zero-order valence-corrected chi connectivity index (χ0v) is 20.4. The largest absolute Gasteiger partial charge is 0.457 e. The van der Waals surface area contributed by atoms with E-state index in [1.165, 1.54) is 0 Å². The summed E-state index contributed by atoms with van der Waals surface area (Å²) in [5, 5.41) is 15.5. The number of nitriles is 1. The first-order chi connectivity index (χ1) is 18.0. The van der Waals surface area contributed by atoms with Crippen molar-refractivity contribution >= 4 is 23.6 Å². The Hall–Kier alpha value is -4.48. The number of fused-ring (bicyclic) bond motifs is 1. The predicted octanol–water partition coefficient (Wildman–Crippen LogP) is 4.92. The summed E-state index contributed by atoms with van der Waals surface area (Å²) in [6.07, 6.45) is 0.894. The number of carbonyl (C=O) groups excluding carboxylic acids is 2. The summed E-state index contributed by atoms with van der Waals surface area (Å²) in [7, 11) is 0. The Morgan fingerprint density at radius 1 is 1.03 bits per heavy atom. The van der Waals surface area contributed by atoms with Gasteiger partial charge in [0, 0.05) is 10.7 Å². The van der Waals surface area contributed by atoms with E-state index in [-0.39, 0.29) is 19.0 Å². The SMILES string of the molecule is N#Cc1cccc(C2NC(=O)NC(CCc3ccc4c(c3)OCO4)=C2C(=O)OCc2cccc(Cl)c2)c1. The van der Waals surface area contributed by atoms with Crippen molar-refractivity contribution in [2.24, 2.45) is 0 Å². The molecule has 2 N–H and O–H groups in total. The van der Waals surface area contributed by atoms with Crippen LogP contribution in [0.15, 0.2) is 78.0 Å². The van der Waals surface area contributed by atoms with E-state index in [0.717, 1.165) is 11.1 Å². The molecule has 9 heteroatoms. The molecule has 1 unspecified atom stereocenters. The lowest BCUT2D eigenvalue weighted by molar-refractivity contribution is -0.140. The molecular formula is C28H22ClN3O5. The highest BCUT2D eigenvalue weighted by Crippen LogP contribution is 2.34. The summed E-state index contributed by atoms with van der Waals surface area (Å²) in [6.45, 7) is 0.189. The number of carbonyl (C=O) groups is 2. The summed E-state index contributed by atoms with van der Waals surface area (Å²) in [6, 6.07) is 20.3. The van der Waals surface area contributed by atoms with E-state index in [9.17, 15) is 14.9 Å². The van der Waals surface area contributed by atoms with Gasteiger partial charge in [0.05, 0.1) is 23.2 Å². The molecule has 0 aliphatic carbocycles. The molecule has 0 spiro atoms. The topological polar surface area (TPSA) is 110 Å². The molecule has 2 aliphatic rings. The number of ether oxygens (including phenoxy) is 3. The van der Waals surface area contributed by atoms with Gasteiger partial charge in [-0.25, -0.2) is 9.59 Å². The minimum Gasteiger partial charge on any atom is -0.457 e. The second-order valence-corrected chi connectivity index (χ2v) is 8.99. The Balaban J connectivity index is 1.46. The quantitative estimate of drug-likeness (QED) is 0.432. The van der Waals surface area contributed by atoms with Crippen LogP contribution in [-0.2, 0) is 22.6 Å². The molecule has 3 aromatic carbocycles. The van der Waals surface area contributed by atoms with Gasteiger partial charge in [-0.2, -0.15) is 5.26 Å². The number of nitrogens with one attached hydrogen (secondary N) is 2. The molecule has 0 saturated carbocycles. The molecule has 0 aromatic heterocycles. The number of urea groups is 1. The van der Waals surface area contributed by atoms with Crippen LogP contribution in [0.4, 0.5) is 4.79 Å². The number of esters is 1. The van der Waals surface area contributed by atoms with Gasteiger partial charge in [-0.05, 0) is 65.9 Å². The zero-order chi connectivity index (χ0) is 25.8. The van der Waals surface area contributed by atoms with Gasteiger partial charge >= 0.3 is 12.0 Å². The Labute approximate surface area is 218 Å². The van der Waals surface area contributed by atoms with Crippen LogP contribution < -0.4 is 20.1 Å². The predicted molar refractivity (Wildman–Crippen MR) is 135 cm³/mol. The molecule has 37 heavy (non-hydrogen) atoms. The monoisotopic (exact) mass is 515 g/mol. The molecule has 0 radical (unpaired) electrons. The Morgan fingerprint density at radius 2 is 1.86 bits per heavy atom. The van der Waals surface area contributed by atoms with E-state index in [2.05, 4.69) is 16.7 Å². The number of nitrogens with zero attached hydrogens (tertiary/aromatic N) is 1. The third kappa shape index (κ3) is 5.52. The number of allylic oxidation sites excluding steroid dienone is 1. The molecular weight excluding hydrogens is 494 g/mol. The van der Waals surface area contributed by atoms with Crippen LogP contribution in [0.5, 0.6) is 11.5 Å². The van der Waals surface area contributed by atoms with Crippen LogP contribution in [0.1, 0.15) is 34.7 Å². The summed E-state index contributed by atoms with van der Waals surface area (Å²) in [5.41, 5.74) is 3.43. The third-order valence-electron chi connectivity index (χ3n) is 6.08. The lowest BCUT2D eigenvalue weighted by Gasteiger charge is -2.29. The Kier molecular flexibility index (Phi) is 6.97. The number of hydrogen-bond acceptors (Lipinski definition) is 6. The molecule has 0 saturated heterocycles. The average molecular weight is 516 g/mol. The first kappa shape index (κ1) is 24.2. The van der Waals surface area contributed by atoms with Gasteiger partial charge in [-0.3, -0.25) is 0 Å². The molecule has 5 rings (SSSR count). The van der Waals surface area contributed by atoms with Crippen molar-refractivity contribution in [3.05, 3.63) is 105 Å². The van der Waals surface area contributed by atoms with Gasteiger partial charge in [0.2, 0.25) is 6.79 Å². The number of amides is 2.